The molecule has 84 valence electrons. The molecule has 1 aromatic rings. The second-order valence-electron chi connectivity index (χ2n) is 4.13. The maximum atomic E-state index is 12.7. The van der Waals surface area contributed by atoms with E-state index < -0.39 is 0 Å². The molecule has 0 fully saturated rings. The molecule has 0 saturated carbocycles. The van der Waals surface area contributed by atoms with Gasteiger partial charge in [0.1, 0.15) is 5.82 Å². The lowest BCUT2D eigenvalue weighted by atomic mass is 10.1. The molecule has 4 heteroatoms. The Morgan fingerprint density at radius 3 is 2.67 bits per heavy atom. The summed E-state index contributed by atoms with van der Waals surface area (Å²) < 4.78 is 12.7. The Labute approximate surface area is 94.1 Å². The molecule has 0 aromatic heterocycles. The van der Waals surface area contributed by atoms with Crippen molar-refractivity contribution in [3.05, 3.63) is 34.6 Å². The van der Waals surface area contributed by atoms with Crippen molar-refractivity contribution >= 4 is 11.6 Å². The van der Waals surface area contributed by atoms with Crippen LogP contribution in [0.15, 0.2) is 18.2 Å². The topological polar surface area (TPSA) is 32.3 Å². The summed E-state index contributed by atoms with van der Waals surface area (Å²) in [6.07, 6.45) is 0. The third-order valence-corrected chi connectivity index (χ3v) is 2.52. The fraction of sp³-hybridized carbons (Fsp3) is 0.455. The van der Waals surface area contributed by atoms with E-state index in [0.29, 0.717) is 11.6 Å². The van der Waals surface area contributed by atoms with Crippen LogP contribution in [0, 0.1) is 5.82 Å². The van der Waals surface area contributed by atoms with Crippen molar-refractivity contribution in [1.82, 2.24) is 5.32 Å². The van der Waals surface area contributed by atoms with E-state index >= 15 is 0 Å². The minimum absolute atomic E-state index is 0.0335. The van der Waals surface area contributed by atoms with Crippen molar-refractivity contribution in [2.24, 2.45) is 0 Å². The summed E-state index contributed by atoms with van der Waals surface area (Å²) in [5, 5.41) is 12.6. The number of halogens is 2. The highest BCUT2D eigenvalue weighted by molar-refractivity contribution is 6.31. The van der Waals surface area contributed by atoms with Crippen molar-refractivity contribution in [1.29, 1.82) is 0 Å². The molecule has 0 bridgehead atoms. The molecular weight excluding hydrogens is 217 g/mol. The van der Waals surface area contributed by atoms with Crippen molar-refractivity contribution in [3.63, 3.8) is 0 Å². The van der Waals surface area contributed by atoms with Gasteiger partial charge in [0.2, 0.25) is 0 Å². The number of rotatable bonds is 4. The molecule has 15 heavy (non-hydrogen) atoms. The smallest absolute Gasteiger partial charge is 0.124 e. The van der Waals surface area contributed by atoms with Gasteiger partial charge in [0.15, 0.2) is 0 Å². The molecule has 2 N–H and O–H groups in total. The quantitative estimate of drug-likeness (QED) is 0.834. The van der Waals surface area contributed by atoms with E-state index in [-0.39, 0.29) is 18.0 Å². The Balaban J connectivity index is 2.66. The van der Waals surface area contributed by atoms with Gasteiger partial charge < -0.3 is 10.4 Å². The molecular formula is C11H15ClFNO. The summed E-state index contributed by atoms with van der Waals surface area (Å²) in [5.74, 6) is -0.342. The second kappa shape index (κ2) is 4.92. The summed E-state index contributed by atoms with van der Waals surface area (Å²) in [6, 6.07) is 4.29. The SMILES string of the molecule is CC(C)(CO)NCc1ccc(F)cc1Cl. The molecule has 0 heterocycles. The van der Waals surface area contributed by atoms with Gasteiger partial charge in [-0.15, -0.1) is 0 Å². The zero-order valence-electron chi connectivity index (χ0n) is 8.85. The first-order valence-corrected chi connectivity index (χ1v) is 5.12. The van der Waals surface area contributed by atoms with Gasteiger partial charge in [-0.1, -0.05) is 17.7 Å². The third kappa shape index (κ3) is 3.78. The van der Waals surface area contributed by atoms with E-state index in [2.05, 4.69) is 5.32 Å². The minimum atomic E-state index is -0.363. The maximum absolute atomic E-state index is 12.7. The van der Waals surface area contributed by atoms with Gasteiger partial charge in [-0.3, -0.25) is 0 Å². The Morgan fingerprint density at radius 2 is 2.13 bits per heavy atom. The first-order chi connectivity index (χ1) is 6.94. The number of benzene rings is 1. The number of nitrogens with one attached hydrogen (secondary N) is 1. The molecule has 0 radical (unpaired) electrons. The lowest BCUT2D eigenvalue weighted by Crippen LogP contribution is -2.42. The van der Waals surface area contributed by atoms with Crippen molar-refractivity contribution < 1.29 is 9.50 Å². The second-order valence-corrected chi connectivity index (χ2v) is 4.54. The van der Waals surface area contributed by atoms with E-state index in [4.69, 9.17) is 16.7 Å². The van der Waals surface area contributed by atoms with Crippen LogP contribution in [0.5, 0.6) is 0 Å². The van der Waals surface area contributed by atoms with E-state index in [1.807, 2.05) is 13.8 Å². The molecule has 1 rings (SSSR count). The van der Waals surface area contributed by atoms with Crippen LogP contribution in [0.1, 0.15) is 19.4 Å². The van der Waals surface area contributed by atoms with E-state index in [9.17, 15) is 4.39 Å². The van der Waals surface area contributed by atoms with Gasteiger partial charge in [0, 0.05) is 17.1 Å². The first-order valence-electron chi connectivity index (χ1n) is 4.74. The number of hydrogen-bond acceptors (Lipinski definition) is 2. The molecule has 1 aromatic carbocycles. The van der Waals surface area contributed by atoms with Crippen LogP contribution >= 0.6 is 11.6 Å². The van der Waals surface area contributed by atoms with Crippen LogP contribution in [0.25, 0.3) is 0 Å². The molecule has 0 amide bonds. The van der Waals surface area contributed by atoms with Gasteiger partial charge >= 0.3 is 0 Å². The van der Waals surface area contributed by atoms with Crippen molar-refractivity contribution in [2.75, 3.05) is 6.61 Å². The number of hydrogen-bond donors (Lipinski definition) is 2. The van der Waals surface area contributed by atoms with Gasteiger partial charge in [-0.05, 0) is 31.5 Å². The van der Waals surface area contributed by atoms with Crippen LogP contribution in [0.2, 0.25) is 5.02 Å². The van der Waals surface area contributed by atoms with Crippen molar-refractivity contribution in [2.45, 2.75) is 25.9 Å². The fourth-order valence-corrected chi connectivity index (χ4v) is 1.29. The molecule has 2 nitrogen and oxygen atoms in total. The highest BCUT2D eigenvalue weighted by Crippen LogP contribution is 2.17. The molecule has 0 atom stereocenters. The molecule has 0 aliphatic rings. The average Bonchev–Trinajstić information content (AvgIpc) is 2.16. The average molecular weight is 232 g/mol. The summed E-state index contributed by atoms with van der Waals surface area (Å²) in [4.78, 5) is 0. The third-order valence-electron chi connectivity index (χ3n) is 2.17. The first kappa shape index (κ1) is 12.4. The van der Waals surface area contributed by atoms with Crippen LogP contribution in [0.4, 0.5) is 4.39 Å². The van der Waals surface area contributed by atoms with Gasteiger partial charge in [0.05, 0.1) is 6.61 Å². The van der Waals surface area contributed by atoms with Gasteiger partial charge in [-0.2, -0.15) is 0 Å². The van der Waals surface area contributed by atoms with Crippen LogP contribution in [0.3, 0.4) is 0 Å². The van der Waals surface area contributed by atoms with Crippen molar-refractivity contribution in [3.8, 4) is 0 Å². The summed E-state index contributed by atoms with van der Waals surface area (Å²) in [6.45, 7) is 4.30. The monoisotopic (exact) mass is 231 g/mol. The molecule has 0 spiro atoms. The Hall–Kier alpha value is -0.640. The Morgan fingerprint density at radius 1 is 1.47 bits per heavy atom. The Bertz CT molecular complexity index is 341. The largest absolute Gasteiger partial charge is 0.394 e. The number of aliphatic hydroxyl groups is 1. The predicted octanol–water partition coefficient (Wildman–Crippen LogP) is 2.34. The fourth-order valence-electron chi connectivity index (χ4n) is 1.06. The van der Waals surface area contributed by atoms with Gasteiger partial charge in [0.25, 0.3) is 0 Å². The summed E-state index contributed by atoms with van der Waals surface area (Å²) in [5.41, 5.74) is 0.456. The minimum Gasteiger partial charge on any atom is -0.394 e. The highest BCUT2D eigenvalue weighted by Gasteiger charge is 2.15. The van der Waals surface area contributed by atoms with Gasteiger partial charge in [-0.25, -0.2) is 4.39 Å². The molecule has 0 aliphatic carbocycles. The van der Waals surface area contributed by atoms with E-state index in [1.165, 1.54) is 12.1 Å². The normalized spacial score (nSPS) is 11.8. The predicted molar refractivity (Wildman–Crippen MR) is 59.4 cm³/mol. The lowest BCUT2D eigenvalue weighted by Gasteiger charge is -2.23. The standard InChI is InChI=1S/C11H15ClFNO/c1-11(2,7-15)14-6-8-3-4-9(13)5-10(8)12/h3-5,14-15H,6-7H2,1-2H3. The van der Waals surface area contributed by atoms with Crippen LogP contribution in [-0.2, 0) is 6.54 Å². The van der Waals surface area contributed by atoms with Crippen LogP contribution in [-0.4, -0.2) is 17.3 Å². The van der Waals surface area contributed by atoms with E-state index in [1.54, 1.807) is 6.07 Å². The highest BCUT2D eigenvalue weighted by atomic mass is 35.5. The van der Waals surface area contributed by atoms with E-state index in [0.717, 1.165) is 5.56 Å². The summed E-state index contributed by atoms with van der Waals surface area (Å²) in [7, 11) is 0. The maximum Gasteiger partial charge on any atom is 0.124 e. The zero-order valence-corrected chi connectivity index (χ0v) is 9.61. The number of aliphatic hydroxyl groups excluding tert-OH is 1. The molecule has 0 aliphatic heterocycles. The molecule has 0 unspecified atom stereocenters. The Kier molecular flexibility index (Phi) is 4.08. The zero-order chi connectivity index (χ0) is 11.5. The lowest BCUT2D eigenvalue weighted by molar-refractivity contribution is 0.187. The summed E-state index contributed by atoms with van der Waals surface area (Å²) >= 11 is 5.86. The molecule has 0 saturated heterocycles. The van der Waals surface area contributed by atoms with Crippen LogP contribution < -0.4 is 5.32 Å².